The summed E-state index contributed by atoms with van der Waals surface area (Å²) >= 11 is 0. The zero-order valence-electron chi connectivity index (χ0n) is 16.9. The minimum absolute atomic E-state index is 0.107. The standard InChI is InChI=1S/C23H30O5/c1-4-23(24,18-7-11-20(26-3)12-8-18)21(13-14-22-27-15-16-28-22)17-5-9-19(25-2)10-6-17/h5-12,21-22,24H,4,13-16H2,1-3H3/t21-,23+/m1/s1. The van der Waals surface area contributed by atoms with Gasteiger partial charge in [0.1, 0.15) is 11.5 Å². The molecule has 152 valence electrons. The van der Waals surface area contributed by atoms with Crippen molar-refractivity contribution in [3.63, 3.8) is 0 Å². The highest BCUT2D eigenvalue weighted by molar-refractivity contribution is 5.37. The lowest BCUT2D eigenvalue weighted by molar-refractivity contribution is -0.0590. The molecule has 28 heavy (non-hydrogen) atoms. The maximum atomic E-state index is 11.8. The van der Waals surface area contributed by atoms with Gasteiger partial charge in [0, 0.05) is 5.92 Å². The van der Waals surface area contributed by atoms with Crippen LogP contribution in [0.25, 0.3) is 0 Å². The molecule has 1 aliphatic rings. The van der Waals surface area contributed by atoms with Gasteiger partial charge in [0.05, 0.1) is 33.0 Å². The molecule has 0 aromatic heterocycles. The molecule has 1 aliphatic heterocycles. The van der Waals surface area contributed by atoms with E-state index in [1.165, 1.54) is 0 Å². The highest BCUT2D eigenvalue weighted by atomic mass is 16.7. The van der Waals surface area contributed by atoms with Crippen LogP contribution in [0.4, 0.5) is 0 Å². The molecular formula is C23H30O5. The Hall–Kier alpha value is -2.08. The number of hydrogen-bond acceptors (Lipinski definition) is 5. The van der Waals surface area contributed by atoms with Crippen LogP contribution in [-0.4, -0.2) is 38.8 Å². The Bertz CT molecular complexity index is 722. The predicted octanol–water partition coefficient (Wildman–Crippen LogP) is 4.24. The van der Waals surface area contributed by atoms with Crippen molar-refractivity contribution in [3.8, 4) is 11.5 Å². The van der Waals surface area contributed by atoms with Crippen molar-refractivity contribution >= 4 is 0 Å². The minimum atomic E-state index is -1.01. The molecule has 2 atom stereocenters. The first-order valence-corrected chi connectivity index (χ1v) is 9.84. The zero-order chi connectivity index (χ0) is 20.0. The number of rotatable bonds is 9. The summed E-state index contributed by atoms with van der Waals surface area (Å²) in [4.78, 5) is 0. The number of benzene rings is 2. The fourth-order valence-corrected chi connectivity index (χ4v) is 3.93. The molecule has 5 heteroatoms. The minimum Gasteiger partial charge on any atom is -0.497 e. The van der Waals surface area contributed by atoms with Gasteiger partial charge < -0.3 is 24.1 Å². The summed E-state index contributed by atoms with van der Waals surface area (Å²) < 4.78 is 21.8. The molecule has 0 unspecified atom stereocenters. The van der Waals surface area contributed by atoms with Gasteiger partial charge in [0.25, 0.3) is 0 Å². The molecule has 2 aromatic carbocycles. The Labute approximate surface area is 167 Å². The quantitative estimate of drug-likeness (QED) is 0.699. The van der Waals surface area contributed by atoms with Crippen molar-refractivity contribution < 1.29 is 24.1 Å². The molecule has 0 bridgehead atoms. The average Bonchev–Trinajstić information content (AvgIpc) is 3.27. The summed E-state index contributed by atoms with van der Waals surface area (Å²) in [6.45, 7) is 3.28. The van der Waals surface area contributed by atoms with Crippen molar-refractivity contribution in [3.05, 3.63) is 59.7 Å². The van der Waals surface area contributed by atoms with Gasteiger partial charge in [-0.3, -0.25) is 0 Å². The summed E-state index contributed by atoms with van der Waals surface area (Å²) in [5.41, 5.74) is 0.934. The molecule has 1 saturated heterocycles. The first kappa shape index (κ1) is 20.6. The lowest BCUT2D eigenvalue weighted by Gasteiger charge is -2.37. The van der Waals surface area contributed by atoms with Crippen LogP contribution in [0.5, 0.6) is 11.5 Å². The van der Waals surface area contributed by atoms with E-state index in [4.69, 9.17) is 18.9 Å². The third kappa shape index (κ3) is 4.49. The largest absolute Gasteiger partial charge is 0.497 e. The van der Waals surface area contributed by atoms with E-state index in [-0.39, 0.29) is 12.2 Å². The van der Waals surface area contributed by atoms with Crippen LogP contribution in [0.15, 0.2) is 48.5 Å². The molecule has 1 N–H and O–H groups in total. The molecule has 1 heterocycles. The van der Waals surface area contributed by atoms with Gasteiger partial charge in [-0.25, -0.2) is 0 Å². The lowest BCUT2D eigenvalue weighted by Crippen LogP contribution is -2.33. The fourth-order valence-electron chi connectivity index (χ4n) is 3.93. The topological polar surface area (TPSA) is 57.2 Å². The SMILES string of the molecule is CC[C@](O)(c1ccc(OC)cc1)[C@H](CCC1OCCO1)c1ccc(OC)cc1. The van der Waals surface area contributed by atoms with Gasteiger partial charge in [0.2, 0.25) is 0 Å². The van der Waals surface area contributed by atoms with Crippen molar-refractivity contribution in [2.45, 2.75) is 44.0 Å². The van der Waals surface area contributed by atoms with E-state index in [9.17, 15) is 5.11 Å². The van der Waals surface area contributed by atoms with Crippen molar-refractivity contribution in [2.24, 2.45) is 0 Å². The first-order chi connectivity index (χ1) is 13.6. The molecular weight excluding hydrogens is 356 g/mol. The van der Waals surface area contributed by atoms with E-state index in [1.807, 2.05) is 55.5 Å². The van der Waals surface area contributed by atoms with E-state index >= 15 is 0 Å². The fraction of sp³-hybridized carbons (Fsp3) is 0.478. The first-order valence-electron chi connectivity index (χ1n) is 9.84. The number of hydrogen-bond donors (Lipinski definition) is 1. The van der Waals surface area contributed by atoms with Crippen LogP contribution in [0.2, 0.25) is 0 Å². The molecule has 2 aromatic rings. The van der Waals surface area contributed by atoms with Crippen LogP contribution in [-0.2, 0) is 15.1 Å². The Morgan fingerprint density at radius 1 is 0.964 bits per heavy atom. The Kier molecular flexibility index (Phi) is 6.94. The van der Waals surface area contributed by atoms with Crippen LogP contribution >= 0.6 is 0 Å². The second-order valence-electron chi connectivity index (χ2n) is 7.08. The monoisotopic (exact) mass is 386 g/mol. The molecule has 0 aliphatic carbocycles. The van der Waals surface area contributed by atoms with Crippen LogP contribution in [0, 0.1) is 0 Å². The summed E-state index contributed by atoms with van der Waals surface area (Å²) in [5.74, 6) is 1.47. The summed E-state index contributed by atoms with van der Waals surface area (Å²) in [7, 11) is 3.30. The third-order valence-electron chi connectivity index (χ3n) is 5.61. The Morgan fingerprint density at radius 2 is 1.50 bits per heavy atom. The normalized spacial score (nSPS) is 17.9. The molecule has 0 radical (unpaired) electrons. The summed E-state index contributed by atoms with van der Waals surface area (Å²) in [6, 6.07) is 15.6. The molecule has 0 saturated carbocycles. The predicted molar refractivity (Wildman–Crippen MR) is 108 cm³/mol. The second-order valence-corrected chi connectivity index (χ2v) is 7.08. The zero-order valence-corrected chi connectivity index (χ0v) is 16.9. The van der Waals surface area contributed by atoms with Gasteiger partial charge in [-0.05, 0) is 54.7 Å². The van der Waals surface area contributed by atoms with Gasteiger partial charge in [-0.2, -0.15) is 0 Å². The number of methoxy groups -OCH3 is 2. The molecule has 0 amide bonds. The van der Waals surface area contributed by atoms with Gasteiger partial charge >= 0.3 is 0 Å². The van der Waals surface area contributed by atoms with Crippen LogP contribution < -0.4 is 9.47 Å². The molecule has 0 spiro atoms. The average molecular weight is 386 g/mol. The summed E-state index contributed by atoms with van der Waals surface area (Å²) in [5, 5.41) is 11.8. The maximum Gasteiger partial charge on any atom is 0.157 e. The molecule has 3 rings (SSSR count). The van der Waals surface area contributed by atoms with E-state index in [0.717, 1.165) is 35.5 Å². The molecule has 5 nitrogen and oxygen atoms in total. The van der Waals surface area contributed by atoms with Crippen LogP contribution in [0.1, 0.15) is 43.2 Å². The number of aliphatic hydroxyl groups is 1. The maximum absolute atomic E-state index is 11.8. The van der Waals surface area contributed by atoms with E-state index in [1.54, 1.807) is 14.2 Å². The smallest absolute Gasteiger partial charge is 0.157 e. The summed E-state index contributed by atoms with van der Waals surface area (Å²) in [6.07, 6.45) is 1.86. The van der Waals surface area contributed by atoms with E-state index in [2.05, 4.69) is 0 Å². The lowest BCUT2D eigenvalue weighted by atomic mass is 9.73. The molecule has 1 fully saturated rings. The highest BCUT2D eigenvalue weighted by Gasteiger charge is 2.38. The van der Waals surface area contributed by atoms with Crippen molar-refractivity contribution in [1.29, 1.82) is 0 Å². The third-order valence-corrected chi connectivity index (χ3v) is 5.61. The number of ether oxygens (including phenoxy) is 4. The Balaban J connectivity index is 1.92. The van der Waals surface area contributed by atoms with Crippen molar-refractivity contribution in [2.75, 3.05) is 27.4 Å². The van der Waals surface area contributed by atoms with E-state index < -0.39 is 5.60 Å². The van der Waals surface area contributed by atoms with Crippen LogP contribution in [0.3, 0.4) is 0 Å². The van der Waals surface area contributed by atoms with E-state index in [0.29, 0.717) is 19.6 Å². The second kappa shape index (κ2) is 9.41. The Morgan fingerprint density at radius 3 is 2.00 bits per heavy atom. The van der Waals surface area contributed by atoms with Crippen molar-refractivity contribution in [1.82, 2.24) is 0 Å². The van der Waals surface area contributed by atoms with Gasteiger partial charge in [-0.15, -0.1) is 0 Å². The highest BCUT2D eigenvalue weighted by Crippen LogP contribution is 2.43. The van der Waals surface area contributed by atoms with Gasteiger partial charge in [-0.1, -0.05) is 31.2 Å². The van der Waals surface area contributed by atoms with Gasteiger partial charge in [0.15, 0.2) is 6.29 Å².